The first kappa shape index (κ1) is 22.0. The lowest BCUT2D eigenvalue weighted by atomic mass is 10.0. The van der Waals surface area contributed by atoms with Crippen LogP contribution in [0, 0.1) is 0 Å². The summed E-state index contributed by atoms with van der Waals surface area (Å²) in [5, 5.41) is 3.68. The van der Waals surface area contributed by atoms with Crippen LogP contribution in [0.1, 0.15) is 47.8 Å². The number of furan rings is 1. The summed E-state index contributed by atoms with van der Waals surface area (Å²) in [6, 6.07) is 16.4. The van der Waals surface area contributed by atoms with E-state index in [0.29, 0.717) is 22.0 Å². The average Bonchev–Trinajstić information content (AvgIpc) is 3.52. The third-order valence-corrected chi connectivity index (χ3v) is 5.95. The zero-order valence-electron chi connectivity index (χ0n) is 17.8. The van der Waals surface area contributed by atoms with Gasteiger partial charge in [-0.2, -0.15) is 0 Å². The van der Waals surface area contributed by atoms with Crippen molar-refractivity contribution in [2.24, 2.45) is 0 Å². The zero-order valence-corrected chi connectivity index (χ0v) is 18.5. The molecule has 0 radical (unpaired) electrons. The van der Waals surface area contributed by atoms with Gasteiger partial charge < -0.3 is 14.5 Å². The van der Waals surface area contributed by atoms with E-state index in [1.165, 1.54) is 11.2 Å². The number of carbonyl (C=O) groups excluding carboxylic acids is 2. The lowest BCUT2D eigenvalue weighted by Crippen LogP contribution is -2.46. The molecule has 1 saturated carbocycles. The van der Waals surface area contributed by atoms with Gasteiger partial charge in [-0.3, -0.25) is 14.5 Å². The Hall–Kier alpha value is -3.25. The van der Waals surface area contributed by atoms with E-state index in [1.807, 2.05) is 0 Å². The van der Waals surface area contributed by atoms with Crippen LogP contribution in [0.25, 0.3) is 0 Å². The quantitative estimate of drug-likeness (QED) is 0.521. The minimum atomic E-state index is -0.903. The van der Waals surface area contributed by atoms with Crippen molar-refractivity contribution in [2.45, 2.75) is 37.8 Å². The van der Waals surface area contributed by atoms with E-state index >= 15 is 0 Å². The monoisotopic (exact) mass is 452 g/mol. The summed E-state index contributed by atoms with van der Waals surface area (Å²) < 4.78 is 10.7. The molecule has 32 heavy (non-hydrogen) atoms. The largest absolute Gasteiger partial charge is 0.497 e. The van der Waals surface area contributed by atoms with Gasteiger partial charge in [-0.1, -0.05) is 36.6 Å². The van der Waals surface area contributed by atoms with Crippen molar-refractivity contribution < 1.29 is 18.7 Å². The van der Waals surface area contributed by atoms with E-state index in [-0.39, 0.29) is 17.7 Å². The first-order chi connectivity index (χ1) is 15.6. The molecule has 1 atom stereocenters. The molecule has 166 valence electrons. The normalized spacial score (nSPS) is 14.7. The molecule has 0 aliphatic heterocycles. The van der Waals surface area contributed by atoms with Gasteiger partial charge in [0.05, 0.1) is 13.4 Å². The molecule has 1 aromatic heterocycles. The number of carbonyl (C=O) groups is 2. The third kappa shape index (κ3) is 4.81. The molecule has 0 unspecified atom stereocenters. The van der Waals surface area contributed by atoms with E-state index in [9.17, 15) is 9.59 Å². The Morgan fingerprint density at radius 1 is 1.06 bits per heavy atom. The van der Waals surface area contributed by atoms with Crippen LogP contribution < -0.4 is 15.0 Å². The second-order valence-corrected chi connectivity index (χ2v) is 8.23. The number of hydrogen-bond donors (Lipinski definition) is 1. The standard InChI is InChI=1S/C25H25ClN2O4/c1-31-21-14-8-17(9-15-21)23(24(29)27-19-5-2-3-6-19)28(20-12-10-18(26)11-13-20)25(30)22-7-4-16-32-22/h4,7-16,19,23H,2-3,5-6H2,1H3,(H,27,29)/t23-/m0/s1. The molecular formula is C25H25ClN2O4. The summed E-state index contributed by atoms with van der Waals surface area (Å²) in [6.45, 7) is 0. The smallest absolute Gasteiger partial charge is 0.294 e. The van der Waals surface area contributed by atoms with Crippen molar-refractivity contribution in [3.8, 4) is 5.75 Å². The van der Waals surface area contributed by atoms with Gasteiger partial charge in [-0.05, 0) is 66.9 Å². The van der Waals surface area contributed by atoms with E-state index in [1.54, 1.807) is 67.8 Å². The Kier molecular flexibility index (Phi) is 6.81. The predicted molar refractivity (Wildman–Crippen MR) is 123 cm³/mol. The second-order valence-electron chi connectivity index (χ2n) is 7.79. The number of nitrogens with zero attached hydrogens (tertiary/aromatic N) is 1. The van der Waals surface area contributed by atoms with Crippen molar-refractivity contribution >= 4 is 29.1 Å². The molecule has 1 aliphatic rings. The lowest BCUT2D eigenvalue weighted by Gasteiger charge is -2.32. The number of anilines is 1. The summed E-state index contributed by atoms with van der Waals surface area (Å²) in [7, 11) is 1.58. The second kappa shape index (κ2) is 9.92. The summed E-state index contributed by atoms with van der Waals surface area (Å²) in [4.78, 5) is 28.6. The van der Waals surface area contributed by atoms with Gasteiger partial charge in [-0.25, -0.2) is 0 Å². The molecule has 3 aromatic rings. The minimum absolute atomic E-state index is 0.106. The van der Waals surface area contributed by atoms with Crippen LogP contribution in [-0.4, -0.2) is 25.0 Å². The maximum absolute atomic E-state index is 13.6. The molecule has 0 spiro atoms. The Balaban J connectivity index is 1.79. The number of benzene rings is 2. The molecule has 2 amide bonds. The minimum Gasteiger partial charge on any atom is -0.497 e. The summed E-state index contributed by atoms with van der Waals surface area (Å²) in [5.74, 6) is 0.155. The fourth-order valence-corrected chi connectivity index (χ4v) is 4.18. The molecule has 1 fully saturated rings. The molecule has 7 heteroatoms. The summed E-state index contributed by atoms with van der Waals surface area (Å²) >= 11 is 6.09. The summed E-state index contributed by atoms with van der Waals surface area (Å²) in [5.41, 5.74) is 1.20. The van der Waals surface area contributed by atoms with Gasteiger partial charge >= 0.3 is 0 Å². The van der Waals surface area contributed by atoms with Gasteiger partial charge in [0, 0.05) is 16.8 Å². The van der Waals surface area contributed by atoms with Gasteiger partial charge in [0.1, 0.15) is 11.8 Å². The first-order valence-corrected chi connectivity index (χ1v) is 11.0. The van der Waals surface area contributed by atoms with Crippen molar-refractivity contribution in [3.05, 3.63) is 83.3 Å². The molecule has 4 rings (SSSR count). The number of halogens is 1. The van der Waals surface area contributed by atoms with Crippen LogP contribution in [-0.2, 0) is 4.79 Å². The van der Waals surface area contributed by atoms with Crippen molar-refractivity contribution in [3.63, 3.8) is 0 Å². The molecule has 0 bridgehead atoms. The predicted octanol–water partition coefficient (Wildman–Crippen LogP) is 5.39. The Morgan fingerprint density at radius 2 is 1.75 bits per heavy atom. The SMILES string of the molecule is COc1ccc([C@@H](C(=O)NC2CCCC2)N(C(=O)c2ccco2)c2ccc(Cl)cc2)cc1. The fraction of sp³-hybridized carbons (Fsp3) is 0.280. The Labute approximate surface area is 192 Å². The van der Waals surface area contributed by atoms with Gasteiger partial charge in [0.15, 0.2) is 5.76 Å². The van der Waals surface area contributed by atoms with Gasteiger partial charge in [0.2, 0.25) is 5.91 Å². The highest BCUT2D eigenvalue weighted by Gasteiger charge is 2.35. The van der Waals surface area contributed by atoms with Crippen LogP contribution in [0.2, 0.25) is 5.02 Å². The van der Waals surface area contributed by atoms with E-state index < -0.39 is 11.9 Å². The molecule has 1 heterocycles. The molecule has 6 nitrogen and oxygen atoms in total. The number of amides is 2. The van der Waals surface area contributed by atoms with Crippen molar-refractivity contribution in [1.82, 2.24) is 5.32 Å². The molecule has 1 N–H and O–H groups in total. The third-order valence-electron chi connectivity index (χ3n) is 5.70. The fourth-order valence-electron chi connectivity index (χ4n) is 4.06. The number of methoxy groups -OCH3 is 1. The highest BCUT2D eigenvalue weighted by atomic mass is 35.5. The van der Waals surface area contributed by atoms with Crippen LogP contribution in [0.5, 0.6) is 5.75 Å². The number of nitrogens with one attached hydrogen (secondary N) is 1. The number of ether oxygens (including phenoxy) is 1. The van der Waals surface area contributed by atoms with Crippen LogP contribution in [0.4, 0.5) is 5.69 Å². The van der Waals surface area contributed by atoms with E-state index in [2.05, 4.69) is 5.32 Å². The maximum Gasteiger partial charge on any atom is 0.294 e. The van der Waals surface area contributed by atoms with Crippen LogP contribution in [0.3, 0.4) is 0 Å². The number of hydrogen-bond acceptors (Lipinski definition) is 4. The lowest BCUT2D eigenvalue weighted by molar-refractivity contribution is -0.123. The van der Waals surface area contributed by atoms with Crippen LogP contribution in [0.15, 0.2) is 71.3 Å². The van der Waals surface area contributed by atoms with Gasteiger partial charge in [0.25, 0.3) is 5.91 Å². The summed E-state index contributed by atoms with van der Waals surface area (Å²) in [6.07, 6.45) is 5.49. The van der Waals surface area contributed by atoms with Crippen molar-refractivity contribution in [2.75, 3.05) is 12.0 Å². The zero-order chi connectivity index (χ0) is 22.5. The molecule has 2 aromatic carbocycles. The number of rotatable bonds is 7. The first-order valence-electron chi connectivity index (χ1n) is 10.6. The Morgan fingerprint density at radius 3 is 2.34 bits per heavy atom. The molecule has 1 aliphatic carbocycles. The van der Waals surface area contributed by atoms with E-state index in [4.69, 9.17) is 20.8 Å². The van der Waals surface area contributed by atoms with Gasteiger partial charge in [-0.15, -0.1) is 0 Å². The topological polar surface area (TPSA) is 71.8 Å². The van der Waals surface area contributed by atoms with E-state index in [0.717, 1.165) is 25.7 Å². The van der Waals surface area contributed by atoms with Crippen LogP contribution >= 0.6 is 11.6 Å². The average molecular weight is 453 g/mol. The highest BCUT2D eigenvalue weighted by molar-refractivity contribution is 6.30. The molecule has 0 saturated heterocycles. The maximum atomic E-state index is 13.6. The Bertz CT molecular complexity index is 1040. The molecular weight excluding hydrogens is 428 g/mol. The van der Waals surface area contributed by atoms with Crippen molar-refractivity contribution in [1.29, 1.82) is 0 Å². The highest BCUT2D eigenvalue weighted by Crippen LogP contribution is 2.32.